The SMILES string of the molecule is CC(C)(C)OC(=O)N1CCN(c2ccc(Nc3ncc(C(F)(F)F)c(CCc4ccccc4CC(=O)O)n3)cc2)CC1. The molecule has 9 nitrogen and oxygen atoms in total. The zero-order chi connectivity index (χ0) is 30.5. The summed E-state index contributed by atoms with van der Waals surface area (Å²) in [5, 5.41) is 12.1. The Bertz CT molecular complexity index is 1400. The Balaban J connectivity index is 1.42. The molecule has 3 aromatic rings. The third-order valence-corrected chi connectivity index (χ3v) is 6.68. The van der Waals surface area contributed by atoms with Crippen molar-refractivity contribution >= 4 is 29.4 Å². The van der Waals surface area contributed by atoms with Crippen molar-refractivity contribution in [3.05, 3.63) is 77.1 Å². The minimum absolute atomic E-state index is 0.0237. The number of nitrogens with zero attached hydrogens (tertiary/aromatic N) is 4. The van der Waals surface area contributed by atoms with E-state index in [0.717, 1.165) is 11.9 Å². The van der Waals surface area contributed by atoms with Gasteiger partial charge in [0, 0.05) is 43.8 Å². The number of piperazine rings is 1. The van der Waals surface area contributed by atoms with Crippen LogP contribution in [0.3, 0.4) is 0 Å². The van der Waals surface area contributed by atoms with Gasteiger partial charge < -0.3 is 25.0 Å². The Hall–Kier alpha value is -4.35. The fourth-order valence-electron chi connectivity index (χ4n) is 4.65. The summed E-state index contributed by atoms with van der Waals surface area (Å²) in [7, 11) is 0. The summed E-state index contributed by atoms with van der Waals surface area (Å²) in [5.41, 5.74) is 1.10. The molecule has 0 aliphatic carbocycles. The Kier molecular flexibility index (Phi) is 9.23. The number of nitrogens with one attached hydrogen (secondary N) is 1. The van der Waals surface area contributed by atoms with Crippen LogP contribution in [0.2, 0.25) is 0 Å². The maximum absolute atomic E-state index is 13.7. The van der Waals surface area contributed by atoms with Crippen LogP contribution in [-0.4, -0.2) is 63.8 Å². The highest BCUT2D eigenvalue weighted by molar-refractivity contribution is 5.71. The maximum Gasteiger partial charge on any atom is 0.419 e. The molecule has 2 N–H and O–H groups in total. The summed E-state index contributed by atoms with van der Waals surface area (Å²) in [6.07, 6.45) is -4.26. The largest absolute Gasteiger partial charge is 0.481 e. The van der Waals surface area contributed by atoms with Crippen LogP contribution in [0.4, 0.5) is 35.3 Å². The number of rotatable bonds is 8. The van der Waals surface area contributed by atoms with Gasteiger partial charge >= 0.3 is 18.2 Å². The lowest BCUT2D eigenvalue weighted by molar-refractivity contribution is -0.139. The molecular weight excluding hydrogens is 551 g/mol. The number of amides is 1. The predicted molar refractivity (Wildman–Crippen MR) is 152 cm³/mol. The molecule has 2 aromatic carbocycles. The number of carboxylic acids is 1. The van der Waals surface area contributed by atoms with E-state index in [9.17, 15) is 22.8 Å². The van der Waals surface area contributed by atoms with Gasteiger partial charge in [0.05, 0.1) is 17.7 Å². The topological polar surface area (TPSA) is 108 Å². The fraction of sp³-hybridized carbons (Fsp3) is 0.400. The van der Waals surface area contributed by atoms with E-state index in [-0.39, 0.29) is 37.0 Å². The highest BCUT2D eigenvalue weighted by Gasteiger charge is 2.35. The molecule has 42 heavy (non-hydrogen) atoms. The number of halogens is 3. The number of aromatic nitrogens is 2. The third kappa shape index (κ3) is 8.34. The van der Waals surface area contributed by atoms with E-state index in [1.54, 1.807) is 41.3 Å². The molecule has 0 atom stereocenters. The van der Waals surface area contributed by atoms with E-state index in [4.69, 9.17) is 9.84 Å². The number of aliphatic carboxylic acids is 1. The molecule has 0 unspecified atom stereocenters. The van der Waals surface area contributed by atoms with Crippen LogP contribution in [0.25, 0.3) is 0 Å². The molecular formula is C30H34F3N5O4. The van der Waals surface area contributed by atoms with Crippen molar-refractivity contribution in [1.29, 1.82) is 0 Å². The van der Waals surface area contributed by atoms with Crippen molar-refractivity contribution in [3.63, 3.8) is 0 Å². The Morgan fingerprint density at radius 3 is 2.19 bits per heavy atom. The Morgan fingerprint density at radius 1 is 0.952 bits per heavy atom. The summed E-state index contributed by atoms with van der Waals surface area (Å²) in [5.74, 6) is -0.989. The third-order valence-electron chi connectivity index (χ3n) is 6.68. The molecule has 0 spiro atoms. The number of aryl methyl sites for hydroxylation is 2. The van der Waals surface area contributed by atoms with Gasteiger partial charge in [-0.05, 0) is 69.0 Å². The quantitative estimate of drug-likeness (QED) is 0.346. The lowest BCUT2D eigenvalue weighted by atomic mass is 9.98. The first-order chi connectivity index (χ1) is 19.8. The van der Waals surface area contributed by atoms with Crippen LogP contribution in [0.15, 0.2) is 54.7 Å². The number of ether oxygens (including phenoxy) is 1. The normalized spacial score (nSPS) is 14.0. The number of alkyl halides is 3. The molecule has 1 amide bonds. The smallest absolute Gasteiger partial charge is 0.419 e. The van der Waals surface area contributed by atoms with E-state index >= 15 is 0 Å². The van der Waals surface area contributed by atoms with E-state index in [0.29, 0.717) is 43.0 Å². The van der Waals surface area contributed by atoms with Gasteiger partial charge in [0.25, 0.3) is 0 Å². The van der Waals surface area contributed by atoms with Crippen LogP contribution < -0.4 is 10.2 Å². The maximum atomic E-state index is 13.7. The summed E-state index contributed by atoms with van der Waals surface area (Å²) in [6.45, 7) is 7.81. The molecule has 1 aromatic heterocycles. The molecule has 12 heteroatoms. The summed E-state index contributed by atoms with van der Waals surface area (Å²) < 4.78 is 46.7. The van der Waals surface area contributed by atoms with Crippen LogP contribution in [0, 0.1) is 0 Å². The Morgan fingerprint density at radius 2 is 1.60 bits per heavy atom. The first kappa shape index (κ1) is 30.6. The van der Waals surface area contributed by atoms with Gasteiger partial charge in [0.1, 0.15) is 5.60 Å². The minimum atomic E-state index is -4.64. The van der Waals surface area contributed by atoms with Crippen molar-refractivity contribution in [3.8, 4) is 0 Å². The van der Waals surface area contributed by atoms with Crippen LogP contribution >= 0.6 is 0 Å². The summed E-state index contributed by atoms with van der Waals surface area (Å²) in [4.78, 5) is 35.4. The van der Waals surface area contributed by atoms with E-state index in [2.05, 4.69) is 20.2 Å². The van der Waals surface area contributed by atoms with Gasteiger partial charge in [-0.3, -0.25) is 4.79 Å². The highest BCUT2D eigenvalue weighted by atomic mass is 19.4. The molecule has 1 saturated heterocycles. The lowest BCUT2D eigenvalue weighted by Gasteiger charge is -2.36. The second kappa shape index (κ2) is 12.7. The van der Waals surface area contributed by atoms with Crippen LogP contribution in [0.5, 0.6) is 0 Å². The second-order valence-electron chi connectivity index (χ2n) is 11.0. The number of carbonyl (C=O) groups excluding carboxylic acids is 1. The molecule has 1 fully saturated rings. The van der Waals surface area contributed by atoms with Crippen molar-refractivity contribution in [2.45, 2.75) is 51.8 Å². The molecule has 0 saturated carbocycles. The van der Waals surface area contributed by atoms with Gasteiger partial charge in [-0.2, -0.15) is 13.2 Å². The van der Waals surface area contributed by atoms with Crippen molar-refractivity contribution < 1.29 is 32.6 Å². The standard InChI is InChI=1S/C30H34F3N5O4/c1-29(2,3)42-28(41)38-16-14-37(15-17-38)23-11-9-22(10-12-23)35-27-34-19-24(30(31,32)33)25(36-27)13-8-20-6-4-5-7-21(20)18-26(39)40/h4-7,9-12,19H,8,13-18H2,1-3H3,(H,39,40)(H,34,35,36). The average molecular weight is 586 g/mol. The molecule has 224 valence electrons. The van der Waals surface area contributed by atoms with Crippen LogP contribution in [0.1, 0.15) is 43.2 Å². The second-order valence-corrected chi connectivity index (χ2v) is 11.0. The monoisotopic (exact) mass is 585 g/mol. The molecule has 0 bridgehead atoms. The summed E-state index contributed by atoms with van der Waals surface area (Å²) >= 11 is 0. The first-order valence-electron chi connectivity index (χ1n) is 13.6. The van der Waals surface area contributed by atoms with Crippen LogP contribution in [-0.2, 0) is 35.0 Å². The highest BCUT2D eigenvalue weighted by Crippen LogP contribution is 2.32. The fourth-order valence-corrected chi connectivity index (χ4v) is 4.65. The molecule has 1 aliphatic heterocycles. The first-order valence-corrected chi connectivity index (χ1v) is 13.6. The zero-order valence-electron chi connectivity index (χ0n) is 23.7. The molecule has 1 aliphatic rings. The zero-order valence-corrected chi connectivity index (χ0v) is 23.7. The lowest BCUT2D eigenvalue weighted by Crippen LogP contribution is -2.50. The van der Waals surface area contributed by atoms with Gasteiger partial charge in [0.15, 0.2) is 0 Å². The number of carboxylic acid groups (broad SMARTS) is 1. The average Bonchev–Trinajstić information content (AvgIpc) is 2.91. The van der Waals surface area contributed by atoms with Gasteiger partial charge in [0.2, 0.25) is 5.95 Å². The van der Waals surface area contributed by atoms with Crippen molar-refractivity contribution in [2.24, 2.45) is 0 Å². The number of carbonyl (C=O) groups is 2. The Labute approximate surface area is 242 Å². The van der Waals surface area contributed by atoms with E-state index in [1.165, 1.54) is 0 Å². The molecule has 2 heterocycles. The number of benzene rings is 2. The van der Waals surface area contributed by atoms with Gasteiger partial charge in [-0.25, -0.2) is 14.8 Å². The predicted octanol–water partition coefficient (Wildman–Crippen LogP) is 5.71. The van der Waals surface area contributed by atoms with Crippen molar-refractivity contribution in [2.75, 3.05) is 36.4 Å². The summed E-state index contributed by atoms with van der Waals surface area (Å²) in [6, 6.07) is 14.1. The van der Waals surface area contributed by atoms with Crippen molar-refractivity contribution in [1.82, 2.24) is 14.9 Å². The number of anilines is 3. The number of hydrogen-bond donors (Lipinski definition) is 2. The van der Waals surface area contributed by atoms with Gasteiger partial charge in [-0.15, -0.1) is 0 Å². The minimum Gasteiger partial charge on any atom is -0.481 e. The van der Waals surface area contributed by atoms with E-state index in [1.807, 2.05) is 32.9 Å². The van der Waals surface area contributed by atoms with E-state index < -0.39 is 23.3 Å². The molecule has 4 rings (SSSR count). The van der Waals surface area contributed by atoms with Gasteiger partial charge in [-0.1, -0.05) is 24.3 Å². The molecule has 0 radical (unpaired) electrons. The number of hydrogen-bond acceptors (Lipinski definition) is 7.